The largest absolute Gasteiger partial charge is 0.313 e. The SMILES string of the molecule is C=CCCC(C)NCCN1CCSCC1. The normalized spacial score (nSPS) is 20.1. The van der Waals surface area contributed by atoms with Gasteiger partial charge in [0, 0.05) is 43.7 Å². The van der Waals surface area contributed by atoms with Crippen molar-refractivity contribution in [1.29, 1.82) is 0 Å². The second-order valence-electron chi connectivity index (χ2n) is 4.18. The number of nitrogens with zero attached hydrogens (tertiary/aromatic N) is 1. The molecule has 0 aromatic rings. The molecule has 1 aliphatic heterocycles. The Morgan fingerprint density at radius 2 is 2.20 bits per heavy atom. The second kappa shape index (κ2) is 8.20. The third kappa shape index (κ3) is 6.23. The summed E-state index contributed by atoms with van der Waals surface area (Å²) >= 11 is 2.08. The molecular weight excluding hydrogens is 204 g/mol. The molecule has 1 aliphatic rings. The molecule has 1 heterocycles. The Hall–Kier alpha value is 0.0100. The summed E-state index contributed by atoms with van der Waals surface area (Å²) in [6.45, 7) is 10.9. The molecule has 0 aromatic carbocycles. The van der Waals surface area contributed by atoms with Gasteiger partial charge in [-0.25, -0.2) is 0 Å². The monoisotopic (exact) mass is 228 g/mol. The lowest BCUT2D eigenvalue weighted by atomic mass is 10.2. The summed E-state index contributed by atoms with van der Waals surface area (Å²) in [6, 6.07) is 0.627. The van der Waals surface area contributed by atoms with E-state index in [0.717, 1.165) is 13.0 Å². The fraction of sp³-hybridized carbons (Fsp3) is 0.833. The smallest absolute Gasteiger partial charge is 0.0108 e. The van der Waals surface area contributed by atoms with E-state index in [1.807, 2.05) is 6.08 Å². The minimum absolute atomic E-state index is 0.627. The highest BCUT2D eigenvalue weighted by atomic mass is 32.2. The summed E-state index contributed by atoms with van der Waals surface area (Å²) in [6.07, 6.45) is 4.33. The van der Waals surface area contributed by atoms with E-state index in [1.165, 1.54) is 37.6 Å². The van der Waals surface area contributed by atoms with Crippen LogP contribution in [0.15, 0.2) is 12.7 Å². The molecule has 3 heteroatoms. The van der Waals surface area contributed by atoms with Crippen LogP contribution in [0.5, 0.6) is 0 Å². The van der Waals surface area contributed by atoms with Crippen molar-refractivity contribution in [3.05, 3.63) is 12.7 Å². The van der Waals surface area contributed by atoms with Crippen molar-refractivity contribution in [2.45, 2.75) is 25.8 Å². The maximum absolute atomic E-state index is 3.75. The number of thioether (sulfide) groups is 1. The van der Waals surface area contributed by atoms with E-state index in [1.54, 1.807) is 0 Å². The molecule has 0 amide bonds. The predicted molar refractivity (Wildman–Crippen MR) is 70.7 cm³/mol. The van der Waals surface area contributed by atoms with Crippen LogP contribution in [0.4, 0.5) is 0 Å². The molecule has 0 spiro atoms. The van der Waals surface area contributed by atoms with Crippen molar-refractivity contribution >= 4 is 11.8 Å². The van der Waals surface area contributed by atoms with E-state index in [2.05, 4.69) is 35.5 Å². The van der Waals surface area contributed by atoms with Crippen molar-refractivity contribution in [2.75, 3.05) is 37.7 Å². The molecule has 2 nitrogen and oxygen atoms in total. The summed E-state index contributed by atoms with van der Waals surface area (Å²) in [4.78, 5) is 2.56. The summed E-state index contributed by atoms with van der Waals surface area (Å²) < 4.78 is 0. The van der Waals surface area contributed by atoms with Crippen LogP contribution in [0.25, 0.3) is 0 Å². The van der Waals surface area contributed by atoms with Crippen molar-refractivity contribution in [1.82, 2.24) is 10.2 Å². The van der Waals surface area contributed by atoms with Crippen LogP contribution in [0.3, 0.4) is 0 Å². The van der Waals surface area contributed by atoms with Crippen molar-refractivity contribution in [3.8, 4) is 0 Å². The molecule has 1 N–H and O–H groups in total. The van der Waals surface area contributed by atoms with Gasteiger partial charge in [-0.3, -0.25) is 0 Å². The molecule has 1 fully saturated rings. The van der Waals surface area contributed by atoms with Crippen LogP contribution in [0.2, 0.25) is 0 Å². The predicted octanol–water partition coefficient (Wildman–Crippen LogP) is 1.98. The molecule has 1 saturated heterocycles. The summed E-state index contributed by atoms with van der Waals surface area (Å²) in [5.41, 5.74) is 0. The van der Waals surface area contributed by atoms with Crippen LogP contribution in [0, 0.1) is 0 Å². The molecule has 1 unspecified atom stereocenters. The number of rotatable bonds is 7. The maximum atomic E-state index is 3.75. The first-order valence-electron chi connectivity index (χ1n) is 5.97. The standard InChI is InChI=1S/C12H24N2S/c1-3-4-5-12(2)13-6-7-14-8-10-15-11-9-14/h3,12-13H,1,4-11H2,2H3. The van der Waals surface area contributed by atoms with Crippen LogP contribution < -0.4 is 5.32 Å². The summed E-state index contributed by atoms with van der Waals surface area (Å²) in [5.74, 6) is 2.62. The topological polar surface area (TPSA) is 15.3 Å². The van der Waals surface area contributed by atoms with Gasteiger partial charge in [0.1, 0.15) is 0 Å². The third-order valence-electron chi connectivity index (χ3n) is 2.83. The molecule has 0 aliphatic carbocycles. The van der Waals surface area contributed by atoms with Crippen LogP contribution >= 0.6 is 11.8 Å². The fourth-order valence-electron chi connectivity index (χ4n) is 1.76. The van der Waals surface area contributed by atoms with Gasteiger partial charge in [-0.2, -0.15) is 11.8 Å². The lowest BCUT2D eigenvalue weighted by Crippen LogP contribution is -2.39. The van der Waals surface area contributed by atoms with E-state index in [4.69, 9.17) is 0 Å². The van der Waals surface area contributed by atoms with Gasteiger partial charge < -0.3 is 10.2 Å². The highest BCUT2D eigenvalue weighted by Crippen LogP contribution is 2.08. The Balaban J connectivity index is 1.96. The average molecular weight is 228 g/mol. The van der Waals surface area contributed by atoms with Crippen LogP contribution in [0.1, 0.15) is 19.8 Å². The zero-order chi connectivity index (χ0) is 10.9. The number of hydrogen-bond acceptors (Lipinski definition) is 3. The van der Waals surface area contributed by atoms with Gasteiger partial charge >= 0.3 is 0 Å². The Bertz CT molecular complexity index is 167. The Kier molecular flexibility index (Phi) is 7.14. The van der Waals surface area contributed by atoms with Gasteiger partial charge in [0.25, 0.3) is 0 Å². The van der Waals surface area contributed by atoms with Gasteiger partial charge in [0.2, 0.25) is 0 Å². The van der Waals surface area contributed by atoms with Gasteiger partial charge in [-0.15, -0.1) is 6.58 Å². The fourth-order valence-corrected chi connectivity index (χ4v) is 2.74. The van der Waals surface area contributed by atoms with E-state index in [9.17, 15) is 0 Å². The van der Waals surface area contributed by atoms with Gasteiger partial charge in [-0.1, -0.05) is 6.08 Å². The lowest BCUT2D eigenvalue weighted by Gasteiger charge is -2.26. The van der Waals surface area contributed by atoms with Crippen molar-refractivity contribution in [3.63, 3.8) is 0 Å². The molecule has 15 heavy (non-hydrogen) atoms. The third-order valence-corrected chi connectivity index (χ3v) is 3.77. The highest BCUT2D eigenvalue weighted by Gasteiger charge is 2.09. The number of nitrogens with one attached hydrogen (secondary N) is 1. The zero-order valence-electron chi connectivity index (χ0n) is 9.87. The van der Waals surface area contributed by atoms with E-state index in [-0.39, 0.29) is 0 Å². The Morgan fingerprint density at radius 1 is 1.47 bits per heavy atom. The van der Waals surface area contributed by atoms with Crippen molar-refractivity contribution < 1.29 is 0 Å². The quantitative estimate of drug-likeness (QED) is 0.671. The minimum atomic E-state index is 0.627. The average Bonchev–Trinajstić information content (AvgIpc) is 2.28. The van der Waals surface area contributed by atoms with Crippen molar-refractivity contribution in [2.24, 2.45) is 0 Å². The first-order chi connectivity index (χ1) is 7.33. The van der Waals surface area contributed by atoms with Gasteiger partial charge in [-0.05, 0) is 19.8 Å². The minimum Gasteiger partial charge on any atom is -0.313 e. The summed E-state index contributed by atoms with van der Waals surface area (Å²) in [7, 11) is 0. The van der Waals surface area contributed by atoms with Crippen LogP contribution in [-0.2, 0) is 0 Å². The maximum Gasteiger partial charge on any atom is 0.0108 e. The van der Waals surface area contributed by atoms with Gasteiger partial charge in [0.05, 0.1) is 0 Å². The molecule has 0 saturated carbocycles. The van der Waals surface area contributed by atoms with E-state index >= 15 is 0 Å². The first-order valence-corrected chi connectivity index (χ1v) is 7.13. The summed E-state index contributed by atoms with van der Waals surface area (Å²) in [5, 5.41) is 3.57. The molecule has 1 rings (SSSR count). The molecular formula is C12H24N2S. The zero-order valence-corrected chi connectivity index (χ0v) is 10.7. The lowest BCUT2D eigenvalue weighted by molar-refractivity contribution is 0.295. The van der Waals surface area contributed by atoms with Crippen LogP contribution in [-0.4, -0.2) is 48.6 Å². The Labute approximate surface area is 98.5 Å². The molecule has 88 valence electrons. The molecule has 0 aromatic heterocycles. The number of allylic oxidation sites excluding steroid dienone is 1. The highest BCUT2D eigenvalue weighted by molar-refractivity contribution is 7.99. The second-order valence-corrected chi connectivity index (χ2v) is 5.40. The first kappa shape index (κ1) is 13.1. The van der Waals surface area contributed by atoms with E-state index in [0.29, 0.717) is 6.04 Å². The number of hydrogen-bond donors (Lipinski definition) is 1. The molecule has 0 radical (unpaired) electrons. The Morgan fingerprint density at radius 3 is 2.87 bits per heavy atom. The molecule has 1 atom stereocenters. The molecule has 0 bridgehead atoms. The van der Waals surface area contributed by atoms with E-state index < -0.39 is 0 Å². The van der Waals surface area contributed by atoms with Gasteiger partial charge in [0.15, 0.2) is 0 Å².